The van der Waals surface area contributed by atoms with Crippen molar-refractivity contribution in [3.05, 3.63) is 48.0 Å². The summed E-state index contributed by atoms with van der Waals surface area (Å²) in [4.78, 5) is 25.6. The van der Waals surface area contributed by atoms with Gasteiger partial charge in [0.25, 0.3) is 0 Å². The molecule has 154 valence electrons. The molecule has 1 atom stereocenters. The van der Waals surface area contributed by atoms with E-state index in [0.29, 0.717) is 30.0 Å². The van der Waals surface area contributed by atoms with E-state index in [1.54, 1.807) is 19.2 Å². The molecule has 3 rings (SSSR count). The van der Waals surface area contributed by atoms with E-state index in [4.69, 9.17) is 9.47 Å². The second-order valence-corrected chi connectivity index (χ2v) is 6.53. The third-order valence-corrected chi connectivity index (χ3v) is 4.64. The van der Waals surface area contributed by atoms with E-state index in [9.17, 15) is 22.8 Å². The fraction of sp³-hybridized carbons (Fsp3) is 0.300. The molecule has 6 nitrogen and oxygen atoms in total. The molecule has 0 aliphatic carbocycles. The Morgan fingerprint density at radius 2 is 1.79 bits per heavy atom. The van der Waals surface area contributed by atoms with Gasteiger partial charge < -0.3 is 19.7 Å². The van der Waals surface area contributed by atoms with Gasteiger partial charge in [-0.1, -0.05) is 0 Å². The van der Waals surface area contributed by atoms with E-state index in [0.717, 1.165) is 12.1 Å². The second kappa shape index (κ2) is 8.02. The highest BCUT2D eigenvalue weighted by atomic mass is 19.4. The third-order valence-electron chi connectivity index (χ3n) is 4.64. The molecule has 0 saturated carbocycles. The van der Waals surface area contributed by atoms with E-state index >= 15 is 0 Å². The first-order valence-electron chi connectivity index (χ1n) is 8.78. The molecule has 0 radical (unpaired) electrons. The molecule has 1 saturated heterocycles. The van der Waals surface area contributed by atoms with Crippen LogP contribution in [-0.4, -0.2) is 36.9 Å². The molecule has 1 unspecified atom stereocenters. The zero-order valence-electron chi connectivity index (χ0n) is 15.7. The van der Waals surface area contributed by atoms with Crippen LogP contribution >= 0.6 is 0 Å². The minimum atomic E-state index is -4.43. The number of ether oxygens (including phenoxy) is 2. The lowest BCUT2D eigenvalue weighted by molar-refractivity contribution is -0.137. The standard InChI is InChI=1S/C20H19F3N2O4/c1-25-16(8-10-18(25)26)19(27)24-15-11-14(7-9-17(15)28-2)29-13-5-3-12(4-6-13)20(21,22)23/h3-7,9,11,16H,8,10H2,1-2H3,(H,24,27). The SMILES string of the molecule is COc1ccc(Oc2ccc(C(F)(F)F)cc2)cc1NC(=O)C1CCC(=O)N1C. The Hall–Kier alpha value is -3.23. The lowest BCUT2D eigenvalue weighted by atomic mass is 10.2. The highest BCUT2D eigenvalue weighted by Crippen LogP contribution is 2.34. The third kappa shape index (κ3) is 4.61. The number of rotatable bonds is 5. The number of methoxy groups -OCH3 is 1. The van der Waals surface area contributed by atoms with Crippen LogP contribution in [0.5, 0.6) is 17.2 Å². The highest BCUT2D eigenvalue weighted by molar-refractivity contribution is 5.99. The number of amides is 2. The highest BCUT2D eigenvalue weighted by Gasteiger charge is 2.33. The molecule has 2 aromatic rings. The molecule has 2 amide bonds. The number of carbonyl (C=O) groups is 2. The number of benzene rings is 2. The Morgan fingerprint density at radius 3 is 2.34 bits per heavy atom. The summed E-state index contributed by atoms with van der Waals surface area (Å²) in [5.41, 5.74) is -0.447. The van der Waals surface area contributed by atoms with E-state index in [2.05, 4.69) is 5.32 Å². The fourth-order valence-corrected chi connectivity index (χ4v) is 3.02. The van der Waals surface area contributed by atoms with Crippen molar-refractivity contribution in [1.82, 2.24) is 4.90 Å². The van der Waals surface area contributed by atoms with Crippen molar-refractivity contribution < 1.29 is 32.2 Å². The predicted molar refractivity (Wildman–Crippen MR) is 98.9 cm³/mol. The van der Waals surface area contributed by atoms with Crippen LogP contribution in [0.1, 0.15) is 18.4 Å². The number of nitrogens with zero attached hydrogens (tertiary/aromatic N) is 1. The van der Waals surface area contributed by atoms with Crippen molar-refractivity contribution in [2.24, 2.45) is 0 Å². The Morgan fingerprint density at radius 1 is 1.14 bits per heavy atom. The van der Waals surface area contributed by atoms with Gasteiger partial charge in [0.05, 0.1) is 18.4 Å². The lowest BCUT2D eigenvalue weighted by Crippen LogP contribution is -2.38. The van der Waals surface area contributed by atoms with Crippen LogP contribution in [0.2, 0.25) is 0 Å². The first-order chi connectivity index (χ1) is 13.7. The Balaban J connectivity index is 1.76. The average molecular weight is 408 g/mol. The molecule has 0 aromatic heterocycles. The number of anilines is 1. The summed E-state index contributed by atoms with van der Waals surface area (Å²) in [7, 11) is 3.01. The minimum absolute atomic E-state index is 0.100. The Kier molecular flexibility index (Phi) is 5.67. The van der Waals surface area contributed by atoms with Crippen LogP contribution in [0.25, 0.3) is 0 Å². The molecule has 0 bridgehead atoms. The van der Waals surface area contributed by atoms with E-state index in [1.165, 1.54) is 30.2 Å². The number of hydrogen-bond acceptors (Lipinski definition) is 4. The van der Waals surface area contributed by atoms with Crippen molar-refractivity contribution in [2.45, 2.75) is 25.1 Å². The van der Waals surface area contributed by atoms with Crippen molar-refractivity contribution in [1.29, 1.82) is 0 Å². The van der Waals surface area contributed by atoms with Gasteiger partial charge in [-0.25, -0.2) is 0 Å². The summed E-state index contributed by atoms with van der Waals surface area (Å²) in [5, 5.41) is 2.72. The lowest BCUT2D eigenvalue weighted by Gasteiger charge is -2.20. The first-order valence-corrected chi connectivity index (χ1v) is 8.78. The molecule has 1 aliphatic heterocycles. The number of hydrogen-bond donors (Lipinski definition) is 1. The van der Waals surface area contributed by atoms with E-state index < -0.39 is 17.8 Å². The van der Waals surface area contributed by atoms with Crippen LogP contribution in [0, 0.1) is 0 Å². The number of likely N-dealkylation sites (N-methyl/N-ethyl adjacent to an activating group) is 1. The molecule has 1 heterocycles. The van der Waals surface area contributed by atoms with Gasteiger partial charge in [0, 0.05) is 19.5 Å². The largest absolute Gasteiger partial charge is 0.495 e. The first kappa shape index (κ1) is 20.5. The second-order valence-electron chi connectivity index (χ2n) is 6.53. The van der Waals surface area contributed by atoms with Gasteiger partial charge in [0.15, 0.2) is 0 Å². The van der Waals surface area contributed by atoms with Gasteiger partial charge in [-0.3, -0.25) is 9.59 Å². The van der Waals surface area contributed by atoms with Crippen LogP contribution in [0.15, 0.2) is 42.5 Å². The molecular formula is C20H19F3N2O4. The van der Waals surface area contributed by atoms with Crippen LogP contribution in [0.4, 0.5) is 18.9 Å². The molecule has 1 aliphatic rings. The van der Waals surface area contributed by atoms with Crippen molar-refractivity contribution in [3.63, 3.8) is 0 Å². The molecule has 2 aromatic carbocycles. The van der Waals surface area contributed by atoms with E-state index in [1.807, 2.05) is 0 Å². The molecule has 9 heteroatoms. The summed E-state index contributed by atoms with van der Waals surface area (Å²) in [5.74, 6) is 0.434. The van der Waals surface area contributed by atoms with Gasteiger partial charge >= 0.3 is 6.18 Å². The number of nitrogens with one attached hydrogen (secondary N) is 1. The predicted octanol–water partition coefficient (Wildman–Crippen LogP) is 4.07. The monoisotopic (exact) mass is 408 g/mol. The maximum atomic E-state index is 12.7. The van der Waals surface area contributed by atoms with Crippen LogP contribution in [0.3, 0.4) is 0 Å². The van der Waals surface area contributed by atoms with Gasteiger partial charge in [0.2, 0.25) is 11.8 Å². The number of halogens is 3. The quantitative estimate of drug-likeness (QED) is 0.810. The number of carbonyl (C=O) groups excluding carboxylic acids is 2. The van der Waals surface area contributed by atoms with Crippen molar-refractivity contribution >= 4 is 17.5 Å². The molecule has 1 N–H and O–H groups in total. The maximum absolute atomic E-state index is 12.7. The van der Waals surface area contributed by atoms with Crippen molar-refractivity contribution in [2.75, 3.05) is 19.5 Å². The minimum Gasteiger partial charge on any atom is -0.495 e. The molecule has 29 heavy (non-hydrogen) atoms. The normalized spacial score (nSPS) is 16.7. The summed E-state index contributed by atoms with van der Waals surface area (Å²) in [6, 6.07) is 8.34. The van der Waals surface area contributed by atoms with Gasteiger partial charge in [-0.05, 0) is 42.8 Å². The van der Waals surface area contributed by atoms with Gasteiger partial charge in [0.1, 0.15) is 23.3 Å². The summed E-state index contributed by atoms with van der Waals surface area (Å²) in [6.45, 7) is 0. The Labute approximate surface area is 165 Å². The van der Waals surface area contributed by atoms with Crippen LogP contribution < -0.4 is 14.8 Å². The molecule has 0 spiro atoms. The summed E-state index contributed by atoms with van der Waals surface area (Å²) < 4.78 is 48.8. The van der Waals surface area contributed by atoms with Gasteiger partial charge in [-0.2, -0.15) is 13.2 Å². The average Bonchev–Trinajstić information content (AvgIpc) is 3.00. The number of likely N-dealkylation sites (tertiary alicyclic amines) is 1. The van der Waals surface area contributed by atoms with Crippen molar-refractivity contribution in [3.8, 4) is 17.2 Å². The smallest absolute Gasteiger partial charge is 0.416 e. The maximum Gasteiger partial charge on any atom is 0.416 e. The zero-order chi connectivity index (χ0) is 21.2. The zero-order valence-corrected chi connectivity index (χ0v) is 15.7. The summed E-state index contributed by atoms with van der Waals surface area (Å²) in [6.07, 6.45) is -3.70. The van der Waals surface area contributed by atoms with Gasteiger partial charge in [-0.15, -0.1) is 0 Å². The summed E-state index contributed by atoms with van der Waals surface area (Å²) >= 11 is 0. The van der Waals surface area contributed by atoms with Crippen LogP contribution in [-0.2, 0) is 15.8 Å². The molecular weight excluding hydrogens is 389 g/mol. The Bertz CT molecular complexity index is 913. The number of alkyl halides is 3. The fourth-order valence-electron chi connectivity index (χ4n) is 3.02. The molecule has 1 fully saturated rings. The van der Waals surface area contributed by atoms with E-state index in [-0.39, 0.29) is 17.6 Å². The topological polar surface area (TPSA) is 67.9 Å².